The highest BCUT2D eigenvalue weighted by Gasteiger charge is 2.23. The molecule has 0 atom stereocenters. The number of nitrogens with zero attached hydrogens (tertiary/aromatic N) is 3. The van der Waals surface area contributed by atoms with Gasteiger partial charge in [0.2, 0.25) is 0 Å². The number of rotatable bonds is 6. The average Bonchev–Trinajstić information content (AvgIpc) is 3.12. The summed E-state index contributed by atoms with van der Waals surface area (Å²) in [7, 11) is 0. The van der Waals surface area contributed by atoms with Gasteiger partial charge in [-0.05, 0) is 37.3 Å². The first-order chi connectivity index (χ1) is 13.5. The Morgan fingerprint density at radius 1 is 1.11 bits per heavy atom. The third-order valence-corrected chi connectivity index (χ3v) is 4.61. The summed E-state index contributed by atoms with van der Waals surface area (Å²) >= 11 is 18.3. The molecule has 0 aliphatic heterocycles. The Labute approximate surface area is 176 Å². The molecule has 0 aliphatic rings. The summed E-state index contributed by atoms with van der Waals surface area (Å²) in [6.07, 6.45) is 0. The van der Waals surface area contributed by atoms with Gasteiger partial charge in [-0.25, -0.2) is 14.5 Å². The molecule has 6 nitrogen and oxygen atoms in total. The Morgan fingerprint density at radius 2 is 1.86 bits per heavy atom. The van der Waals surface area contributed by atoms with Gasteiger partial charge in [-0.15, -0.1) is 16.7 Å². The van der Waals surface area contributed by atoms with Crippen molar-refractivity contribution in [2.75, 3.05) is 6.61 Å². The lowest BCUT2D eigenvalue weighted by Gasteiger charge is -2.11. The summed E-state index contributed by atoms with van der Waals surface area (Å²) in [4.78, 5) is 29.2. The normalized spacial score (nSPS) is 10.7. The zero-order valence-corrected chi connectivity index (χ0v) is 16.9. The van der Waals surface area contributed by atoms with Gasteiger partial charge in [0.15, 0.2) is 5.78 Å². The smallest absolute Gasteiger partial charge is 0.378 e. The van der Waals surface area contributed by atoms with Gasteiger partial charge in [0.25, 0.3) is 5.82 Å². The Balaban J connectivity index is 2.15. The fraction of sp³-hybridized carbons (Fsp3) is 0.158. The highest BCUT2D eigenvalue weighted by atomic mass is 35.5. The van der Waals surface area contributed by atoms with Gasteiger partial charge in [0, 0.05) is 16.1 Å². The summed E-state index contributed by atoms with van der Waals surface area (Å²) in [5, 5.41) is 4.84. The summed E-state index contributed by atoms with van der Waals surface area (Å²) in [6, 6.07) is 11.4. The van der Waals surface area contributed by atoms with Crippen LogP contribution in [0.5, 0.6) is 0 Å². The minimum absolute atomic E-state index is 0.0330. The van der Waals surface area contributed by atoms with Gasteiger partial charge in [-0.1, -0.05) is 35.3 Å². The number of ketones is 1. The predicted octanol–water partition coefficient (Wildman–Crippen LogP) is 4.72. The van der Waals surface area contributed by atoms with Crippen LogP contribution in [0.4, 0.5) is 0 Å². The van der Waals surface area contributed by atoms with Crippen molar-refractivity contribution < 1.29 is 14.3 Å². The Hall–Kier alpha value is -2.41. The van der Waals surface area contributed by atoms with E-state index in [1.54, 1.807) is 43.3 Å². The van der Waals surface area contributed by atoms with E-state index in [-0.39, 0.29) is 35.5 Å². The first-order valence-electron chi connectivity index (χ1n) is 8.24. The van der Waals surface area contributed by atoms with E-state index in [1.807, 2.05) is 0 Å². The number of halogens is 3. The number of esters is 1. The molecular weight excluding hydrogens is 425 g/mol. The molecule has 3 aromatic rings. The molecule has 0 saturated carbocycles. The molecular formula is C19H14Cl3N3O3. The van der Waals surface area contributed by atoms with E-state index in [4.69, 9.17) is 39.5 Å². The average molecular weight is 439 g/mol. The highest BCUT2D eigenvalue weighted by Crippen LogP contribution is 2.26. The molecule has 28 heavy (non-hydrogen) atoms. The van der Waals surface area contributed by atoms with E-state index in [0.29, 0.717) is 21.3 Å². The van der Waals surface area contributed by atoms with Crippen LogP contribution in [0.1, 0.15) is 39.3 Å². The van der Waals surface area contributed by atoms with Crippen LogP contribution in [0, 0.1) is 0 Å². The van der Waals surface area contributed by atoms with E-state index in [0.717, 1.165) is 0 Å². The first kappa shape index (κ1) is 20.3. The molecule has 0 amide bonds. The van der Waals surface area contributed by atoms with Gasteiger partial charge >= 0.3 is 5.97 Å². The summed E-state index contributed by atoms with van der Waals surface area (Å²) in [5.74, 6) is -0.935. The molecule has 0 spiro atoms. The second-order valence-corrected chi connectivity index (χ2v) is 6.70. The highest BCUT2D eigenvalue weighted by molar-refractivity contribution is 6.35. The maximum absolute atomic E-state index is 13.1. The topological polar surface area (TPSA) is 74.1 Å². The Bertz CT molecular complexity index is 1050. The maximum Gasteiger partial charge on any atom is 0.378 e. The molecule has 1 heterocycles. The quantitative estimate of drug-likeness (QED) is 0.316. The second kappa shape index (κ2) is 8.73. The van der Waals surface area contributed by atoms with E-state index in [2.05, 4.69) is 10.1 Å². The molecule has 0 radical (unpaired) electrons. The van der Waals surface area contributed by atoms with Crippen LogP contribution in [-0.2, 0) is 10.6 Å². The fourth-order valence-electron chi connectivity index (χ4n) is 2.57. The van der Waals surface area contributed by atoms with Gasteiger partial charge in [-0.3, -0.25) is 4.79 Å². The van der Waals surface area contributed by atoms with Gasteiger partial charge in [0.05, 0.1) is 23.2 Å². The monoisotopic (exact) mass is 437 g/mol. The SMILES string of the molecule is CCOC(=O)c1nc(CCl)n(-c2ccc(Cl)cc2C(=O)c2ccccc2Cl)n1. The van der Waals surface area contributed by atoms with Crippen molar-refractivity contribution in [1.82, 2.24) is 14.8 Å². The predicted molar refractivity (Wildman–Crippen MR) is 107 cm³/mol. The van der Waals surface area contributed by atoms with Gasteiger partial charge < -0.3 is 4.74 Å². The van der Waals surface area contributed by atoms with Crippen LogP contribution in [-0.4, -0.2) is 33.1 Å². The van der Waals surface area contributed by atoms with Crippen molar-refractivity contribution in [3.63, 3.8) is 0 Å². The molecule has 0 aliphatic carbocycles. The third kappa shape index (κ3) is 4.04. The van der Waals surface area contributed by atoms with Crippen LogP contribution >= 0.6 is 34.8 Å². The van der Waals surface area contributed by atoms with Crippen molar-refractivity contribution in [3.8, 4) is 5.69 Å². The Kier molecular flexibility index (Phi) is 6.34. The number of carbonyl (C=O) groups is 2. The van der Waals surface area contributed by atoms with E-state index in [1.165, 1.54) is 10.7 Å². The summed E-state index contributed by atoms with van der Waals surface area (Å²) < 4.78 is 6.27. The lowest BCUT2D eigenvalue weighted by atomic mass is 10.0. The molecule has 0 saturated heterocycles. The fourth-order valence-corrected chi connectivity index (χ4v) is 3.14. The van der Waals surface area contributed by atoms with Crippen molar-refractivity contribution in [2.45, 2.75) is 12.8 Å². The van der Waals surface area contributed by atoms with Crippen LogP contribution < -0.4 is 0 Å². The van der Waals surface area contributed by atoms with Crippen molar-refractivity contribution in [1.29, 1.82) is 0 Å². The number of benzene rings is 2. The number of carbonyl (C=O) groups excluding carboxylic acids is 2. The first-order valence-corrected chi connectivity index (χ1v) is 9.53. The lowest BCUT2D eigenvalue weighted by Crippen LogP contribution is -2.12. The largest absolute Gasteiger partial charge is 0.460 e. The number of hydrogen-bond acceptors (Lipinski definition) is 5. The summed E-state index contributed by atoms with van der Waals surface area (Å²) in [6.45, 7) is 1.86. The lowest BCUT2D eigenvalue weighted by molar-refractivity contribution is 0.0512. The van der Waals surface area contributed by atoms with E-state index in [9.17, 15) is 9.59 Å². The minimum Gasteiger partial charge on any atom is -0.460 e. The second-order valence-electron chi connectivity index (χ2n) is 5.59. The van der Waals surface area contributed by atoms with Crippen molar-refractivity contribution in [2.24, 2.45) is 0 Å². The maximum atomic E-state index is 13.1. The number of hydrogen-bond donors (Lipinski definition) is 0. The molecule has 0 unspecified atom stereocenters. The Morgan fingerprint density at radius 3 is 2.54 bits per heavy atom. The van der Waals surface area contributed by atoms with Gasteiger partial charge in [0.1, 0.15) is 5.82 Å². The zero-order valence-electron chi connectivity index (χ0n) is 14.7. The number of aromatic nitrogens is 3. The molecule has 0 fully saturated rings. The molecule has 0 bridgehead atoms. The molecule has 144 valence electrons. The standard InChI is InChI=1S/C19H14Cl3N3O3/c1-2-28-19(27)18-23-16(10-20)25(24-18)15-8-7-11(21)9-13(15)17(26)12-5-3-4-6-14(12)22/h3-9H,2,10H2,1H3. The molecule has 3 rings (SSSR count). The number of alkyl halides is 1. The molecule has 9 heteroatoms. The van der Waals surface area contributed by atoms with Crippen LogP contribution in [0.25, 0.3) is 5.69 Å². The van der Waals surface area contributed by atoms with Crippen LogP contribution in [0.15, 0.2) is 42.5 Å². The minimum atomic E-state index is -0.680. The summed E-state index contributed by atoms with van der Waals surface area (Å²) in [5.41, 5.74) is 0.922. The van der Waals surface area contributed by atoms with E-state index >= 15 is 0 Å². The third-order valence-electron chi connectivity index (χ3n) is 3.80. The number of ether oxygens (including phenoxy) is 1. The van der Waals surface area contributed by atoms with Crippen LogP contribution in [0.3, 0.4) is 0 Å². The van der Waals surface area contributed by atoms with Crippen molar-refractivity contribution in [3.05, 3.63) is 75.3 Å². The van der Waals surface area contributed by atoms with Gasteiger partial charge in [-0.2, -0.15) is 0 Å². The molecule has 2 aromatic carbocycles. The molecule has 1 aromatic heterocycles. The van der Waals surface area contributed by atoms with Crippen LogP contribution in [0.2, 0.25) is 10.0 Å². The zero-order chi connectivity index (χ0) is 20.3. The van der Waals surface area contributed by atoms with E-state index < -0.39 is 5.97 Å². The van der Waals surface area contributed by atoms with Crippen molar-refractivity contribution >= 4 is 46.6 Å². The molecule has 0 N–H and O–H groups in total.